The fourth-order valence-corrected chi connectivity index (χ4v) is 2.85. The van der Waals surface area contributed by atoms with Gasteiger partial charge >= 0.3 is 0 Å². The van der Waals surface area contributed by atoms with Crippen LogP contribution in [0.1, 0.15) is 22.3 Å². The third kappa shape index (κ3) is 1.51. The molecule has 1 aromatic rings. The van der Waals surface area contributed by atoms with E-state index in [0.717, 1.165) is 47.5 Å². The molecule has 2 aliphatic heterocycles. The molecule has 2 N–H and O–H groups in total. The molecule has 0 saturated carbocycles. The van der Waals surface area contributed by atoms with Crippen molar-refractivity contribution in [3.8, 4) is 11.5 Å². The number of nitrogens with two attached hydrogens (primary N) is 1. The summed E-state index contributed by atoms with van der Waals surface area (Å²) in [7, 11) is 0. The van der Waals surface area contributed by atoms with Crippen LogP contribution in [0, 0.1) is 0 Å². The van der Waals surface area contributed by atoms with Crippen molar-refractivity contribution in [2.24, 2.45) is 5.73 Å². The van der Waals surface area contributed by atoms with Gasteiger partial charge in [-0.05, 0) is 13.0 Å². The lowest BCUT2D eigenvalue weighted by molar-refractivity contribution is 0.346. The van der Waals surface area contributed by atoms with Crippen LogP contribution in [0.4, 0.5) is 4.39 Å². The van der Waals surface area contributed by atoms with Gasteiger partial charge in [-0.25, -0.2) is 4.39 Å². The fourth-order valence-electron chi connectivity index (χ4n) is 2.85. The Labute approximate surface area is 99.7 Å². The molecule has 0 aliphatic carbocycles. The van der Waals surface area contributed by atoms with E-state index in [1.165, 1.54) is 0 Å². The van der Waals surface area contributed by atoms with E-state index in [2.05, 4.69) is 0 Å². The van der Waals surface area contributed by atoms with Crippen molar-refractivity contribution in [1.82, 2.24) is 0 Å². The number of benzene rings is 1. The predicted molar refractivity (Wildman–Crippen MR) is 62.4 cm³/mol. The Hall–Kier alpha value is -1.29. The minimum atomic E-state index is -0.475. The molecule has 0 spiro atoms. The highest BCUT2D eigenvalue weighted by Crippen LogP contribution is 2.44. The Morgan fingerprint density at radius 3 is 2.18 bits per heavy atom. The number of fused-ring (bicyclic) bond motifs is 2. The van der Waals surface area contributed by atoms with Crippen LogP contribution < -0.4 is 15.2 Å². The highest BCUT2D eigenvalue weighted by molar-refractivity contribution is 5.61. The van der Waals surface area contributed by atoms with Crippen molar-refractivity contribution in [1.29, 1.82) is 0 Å². The van der Waals surface area contributed by atoms with E-state index in [4.69, 9.17) is 15.2 Å². The van der Waals surface area contributed by atoms with E-state index >= 15 is 0 Å². The van der Waals surface area contributed by atoms with Gasteiger partial charge in [0.05, 0.1) is 13.2 Å². The molecule has 0 amide bonds. The van der Waals surface area contributed by atoms with E-state index in [9.17, 15) is 4.39 Å². The van der Waals surface area contributed by atoms with Gasteiger partial charge in [-0.15, -0.1) is 0 Å². The first kappa shape index (κ1) is 10.8. The zero-order valence-corrected chi connectivity index (χ0v) is 9.72. The summed E-state index contributed by atoms with van der Waals surface area (Å²) >= 11 is 0. The molecule has 2 aliphatic rings. The summed E-state index contributed by atoms with van der Waals surface area (Å²) in [4.78, 5) is 0. The van der Waals surface area contributed by atoms with Crippen molar-refractivity contribution >= 4 is 0 Å². The Morgan fingerprint density at radius 1 is 1.00 bits per heavy atom. The Bertz CT molecular complexity index is 424. The molecule has 1 aromatic carbocycles. The quantitative estimate of drug-likeness (QED) is 0.867. The first-order valence-electron chi connectivity index (χ1n) is 6.08. The summed E-state index contributed by atoms with van der Waals surface area (Å²) < 4.78 is 24.5. The van der Waals surface area contributed by atoms with E-state index in [-0.39, 0.29) is 0 Å². The third-order valence-corrected chi connectivity index (χ3v) is 3.55. The number of halogens is 1. The third-order valence-electron chi connectivity index (χ3n) is 3.55. The van der Waals surface area contributed by atoms with Crippen LogP contribution in [-0.2, 0) is 25.9 Å². The van der Waals surface area contributed by atoms with Gasteiger partial charge in [-0.1, -0.05) is 0 Å². The summed E-state index contributed by atoms with van der Waals surface area (Å²) in [5.41, 5.74) is 9.60. The van der Waals surface area contributed by atoms with Crippen molar-refractivity contribution in [3.05, 3.63) is 22.3 Å². The van der Waals surface area contributed by atoms with Crippen LogP contribution in [0.3, 0.4) is 0 Å². The Balaban J connectivity index is 2.23. The molecule has 4 heteroatoms. The molecule has 92 valence electrons. The van der Waals surface area contributed by atoms with Gasteiger partial charge in [0.15, 0.2) is 0 Å². The van der Waals surface area contributed by atoms with Crippen LogP contribution >= 0.6 is 0 Å². The average Bonchev–Trinajstić information content (AvgIpc) is 2.96. The van der Waals surface area contributed by atoms with Crippen LogP contribution in [0.2, 0.25) is 0 Å². The van der Waals surface area contributed by atoms with E-state index in [1.54, 1.807) is 0 Å². The maximum atomic E-state index is 13.2. The topological polar surface area (TPSA) is 44.5 Å². The van der Waals surface area contributed by atoms with Crippen molar-refractivity contribution in [2.75, 3.05) is 19.8 Å². The standard InChI is InChI=1S/C13H16FNO2/c14-7-11-10-3-6-16-12(10)8(1-4-15)9-2-5-17-13(9)11/h1-7,15H2. The molecule has 0 radical (unpaired) electrons. The largest absolute Gasteiger partial charge is 0.493 e. The minimum Gasteiger partial charge on any atom is -0.493 e. The smallest absolute Gasteiger partial charge is 0.129 e. The first-order valence-corrected chi connectivity index (χ1v) is 6.08. The molecule has 0 aromatic heterocycles. The molecule has 2 heterocycles. The van der Waals surface area contributed by atoms with Gasteiger partial charge < -0.3 is 15.2 Å². The minimum absolute atomic E-state index is 0.475. The molecular formula is C13H16FNO2. The maximum Gasteiger partial charge on any atom is 0.129 e. The lowest BCUT2D eigenvalue weighted by atomic mass is 9.93. The zero-order valence-electron chi connectivity index (χ0n) is 9.72. The van der Waals surface area contributed by atoms with Crippen molar-refractivity contribution < 1.29 is 13.9 Å². The summed E-state index contributed by atoms with van der Waals surface area (Å²) in [5.74, 6) is 1.65. The number of rotatable bonds is 3. The van der Waals surface area contributed by atoms with E-state index in [1.807, 2.05) is 0 Å². The van der Waals surface area contributed by atoms with Crippen LogP contribution in [-0.4, -0.2) is 19.8 Å². The summed E-state index contributed by atoms with van der Waals surface area (Å²) in [6.07, 6.45) is 2.40. The van der Waals surface area contributed by atoms with Gasteiger partial charge in [-0.2, -0.15) is 0 Å². The number of alkyl halides is 1. The molecule has 17 heavy (non-hydrogen) atoms. The van der Waals surface area contributed by atoms with Gasteiger partial charge in [0.2, 0.25) is 0 Å². The number of ether oxygens (including phenoxy) is 2. The molecule has 0 atom stereocenters. The molecule has 0 saturated heterocycles. The van der Waals surface area contributed by atoms with E-state index in [0.29, 0.717) is 25.3 Å². The molecular weight excluding hydrogens is 221 g/mol. The molecule has 0 fully saturated rings. The van der Waals surface area contributed by atoms with Gasteiger partial charge in [0.1, 0.15) is 18.2 Å². The van der Waals surface area contributed by atoms with Crippen LogP contribution in [0.15, 0.2) is 0 Å². The summed E-state index contributed by atoms with van der Waals surface area (Å²) in [6, 6.07) is 0. The maximum absolute atomic E-state index is 13.2. The molecule has 3 nitrogen and oxygen atoms in total. The lowest BCUT2D eigenvalue weighted by Gasteiger charge is -2.15. The fraction of sp³-hybridized carbons (Fsp3) is 0.538. The SMILES string of the molecule is NCCc1c2c(c(CF)c3c1OCC3)OCC2. The second-order valence-electron chi connectivity index (χ2n) is 4.44. The number of hydrogen-bond donors (Lipinski definition) is 1. The van der Waals surface area contributed by atoms with Crippen LogP contribution in [0.25, 0.3) is 0 Å². The predicted octanol–water partition coefficient (Wildman–Crippen LogP) is 1.53. The van der Waals surface area contributed by atoms with E-state index < -0.39 is 6.67 Å². The van der Waals surface area contributed by atoms with Gasteiger partial charge in [0.25, 0.3) is 0 Å². The highest BCUT2D eigenvalue weighted by Gasteiger charge is 2.30. The second kappa shape index (κ2) is 4.18. The highest BCUT2D eigenvalue weighted by atomic mass is 19.1. The number of hydrogen-bond acceptors (Lipinski definition) is 3. The monoisotopic (exact) mass is 237 g/mol. The Kier molecular flexibility index (Phi) is 2.67. The first-order chi connectivity index (χ1) is 8.36. The average molecular weight is 237 g/mol. The van der Waals surface area contributed by atoms with Crippen LogP contribution in [0.5, 0.6) is 11.5 Å². The van der Waals surface area contributed by atoms with Gasteiger partial charge in [0, 0.05) is 35.1 Å². The molecule has 0 bridgehead atoms. The Morgan fingerprint density at radius 2 is 1.59 bits per heavy atom. The summed E-state index contributed by atoms with van der Waals surface area (Å²) in [5, 5.41) is 0. The molecule has 0 unspecified atom stereocenters. The molecule has 3 rings (SSSR count). The lowest BCUT2D eigenvalue weighted by Crippen LogP contribution is -2.07. The van der Waals surface area contributed by atoms with Crippen molar-refractivity contribution in [2.45, 2.75) is 25.9 Å². The summed E-state index contributed by atoms with van der Waals surface area (Å²) in [6.45, 7) is 1.39. The van der Waals surface area contributed by atoms with Crippen molar-refractivity contribution in [3.63, 3.8) is 0 Å². The normalized spacial score (nSPS) is 16.4. The van der Waals surface area contributed by atoms with Gasteiger partial charge in [-0.3, -0.25) is 0 Å². The zero-order chi connectivity index (χ0) is 11.8. The second-order valence-corrected chi connectivity index (χ2v) is 4.44.